The molecule has 1 heterocycles. The van der Waals surface area contributed by atoms with Gasteiger partial charge in [-0.2, -0.15) is 0 Å². The summed E-state index contributed by atoms with van der Waals surface area (Å²) >= 11 is 3.19. The molecular weight excluding hydrogens is 321 g/mol. The second-order valence-electron chi connectivity index (χ2n) is 4.68. The van der Waals surface area contributed by atoms with E-state index in [2.05, 4.69) is 31.2 Å². The van der Waals surface area contributed by atoms with Crippen molar-refractivity contribution in [2.45, 2.75) is 20.3 Å². The maximum absolute atomic E-state index is 13.3. The molecule has 1 aromatic heterocycles. The van der Waals surface area contributed by atoms with Gasteiger partial charge >= 0.3 is 0 Å². The number of aryl methyl sites for hydroxylation is 2. The molecule has 0 saturated carbocycles. The van der Waals surface area contributed by atoms with Crippen molar-refractivity contribution in [2.24, 2.45) is 0 Å². The molecule has 0 saturated heterocycles. The predicted molar refractivity (Wildman–Crippen MR) is 82.2 cm³/mol. The highest BCUT2D eigenvalue weighted by Crippen LogP contribution is 2.24. The van der Waals surface area contributed by atoms with Crippen LogP contribution in [0.15, 0.2) is 22.7 Å². The number of hydrogen-bond donors (Lipinski definition) is 1. The zero-order chi connectivity index (χ0) is 14.7. The number of aromatic nitrogens is 2. The zero-order valence-electron chi connectivity index (χ0n) is 11.8. The lowest BCUT2D eigenvalue weighted by Gasteiger charge is -2.11. The van der Waals surface area contributed by atoms with Crippen molar-refractivity contribution in [3.05, 3.63) is 45.4 Å². The molecule has 0 radical (unpaired) electrons. The van der Waals surface area contributed by atoms with Crippen LogP contribution in [0, 0.1) is 19.7 Å². The van der Waals surface area contributed by atoms with Crippen molar-refractivity contribution in [1.29, 1.82) is 0 Å². The van der Waals surface area contributed by atoms with Crippen molar-refractivity contribution in [1.82, 2.24) is 15.3 Å². The maximum Gasteiger partial charge on any atom is 0.159 e. The van der Waals surface area contributed by atoms with Crippen LogP contribution in [-0.4, -0.2) is 23.6 Å². The first-order chi connectivity index (χ1) is 9.52. The standard InChI is InChI=1S/C15H17BrFN3/c1-9-12(6-7-18-3)10(2)20-15(19-9)11-4-5-14(17)13(16)8-11/h4-5,8,18H,6-7H2,1-3H3. The minimum atomic E-state index is -0.284. The van der Waals surface area contributed by atoms with E-state index < -0.39 is 0 Å². The molecule has 20 heavy (non-hydrogen) atoms. The van der Waals surface area contributed by atoms with Crippen LogP contribution in [0.2, 0.25) is 0 Å². The average molecular weight is 338 g/mol. The molecule has 3 nitrogen and oxygen atoms in total. The fourth-order valence-electron chi connectivity index (χ4n) is 2.12. The lowest BCUT2D eigenvalue weighted by atomic mass is 10.1. The van der Waals surface area contributed by atoms with E-state index in [-0.39, 0.29) is 5.82 Å². The molecule has 0 unspecified atom stereocenters. The molecule has 0 bridgehead atoms. The second-order valence-corrected chi connectivity index (χ2v) is 5.53. The third-order valence-corrected chi connectivity index (χ3v) is 3.83. The van der Waals surface area contributed by atoms with E-state index in [0.29, 0.717) is 10.3 Å². The second kappa shape index (κ2) is 6.41. The summed E-state index contributed by atoms with van der Waals surface area (Å²) in [6.45, 7) is 4.87. The molecule has 0 atom stereocenters. The van der Waals surface area contributed by atoms with E-state index in [9.17, 15) is 4.39 Å². The summed E-state index contributed by atoms with van der Waals surface area (Å²) in [6.07, 6.45) is 0.904. The minimum absolute atomic E-state index is 0.284. The Kier molecular flexibility index (Phi) is 4.83. The van der Waals surface area contributed by atoms with Gasteiger partial charge in [-0.1, -0.05) is 0 Å². The molecule has 2 aromatic rings. The Morgan fingerprint density at radius 1 is 1.20 bits per heavy atom. The van der Waals surface area contributed by atoms with E-state index in [1.54, 1.807) is 12.1 Å². The average Bonchev–Trinajstić information content (AvgIpc) is 2.41. The van der Waals surface area contributed by atoms with E-state index in [4.69, 9.17) is 0 Å². The number of hydrogen-bond acceptors (Lipinski definition) is 3. The summed E-state index contributed by atoms with van der Waals surface area (Å²) in [5, 5.41) is 3.13. The molecule has 0 aliphatic carbocycles. The molecule has 106 valence electrons. The van der Waals surface area contributed by atoms with Gasteiger partial charge in [0.05, 0.1) is 4.47 Å². The number of benzene rings is 1. The first-order valence-corrected chi connectivity index (χ1v) is 7.26. The third-order valence-electron chi connectivity index (χ3n) is 3.22. The normalized spacial score (nSPS) is 10.8. The van der Waals surface area contributed by atoms with Crippen LogP contribution in [-0.2, 0) is 6.42 Å². The van der Waals surface area contributed by atoms with Crippen LogP contribution in [0.4, 0.5) is 4.39 Å². The van der Waals surface area contributed by atoms with E-state index in [1.807, 2.05) is 20.9 Å². The van der Waals surface area contributed by atoms with Crippen molar-refractivity contribution in [3.8, 4) is 11.4 Å². The molecule has 0 amide bonds. The summed E-state index contributed by atoms with van der Waals surface area (Å²) < 4.78 is 13.7. The van der Waals surface area contributed by atoms with Gasteiger partial charge in [0.15, 0.2) is 5.82 Å². The van der Waals surface area contributed by atoms with Gasteiger partial charge in [0.25, 0.3) is 0 Å². The number of rotatable bonds is 4. The van der Waals surface area contributed by atoms with Crippen molar-refractivity contribution in [3.63, 3.8) is 0 Å². The SMILES string of the molecule is CNCCc1c(C)nc(-c2ccc(F)c(Br)c2)nc1C. The van der Waals surface area contributed by atoms with Crippen LogP contribution in [0.5, 0.6) is 0 Å². The summed E-state index contributed by atoms with van der Waals surface area (Å²) in [5.41, 5.74) is 3.93. The van der Waals surface area contributed by atoms with Gasteiger partial charge in [0.1, 0.15) is 5.82 Å². The number of halogens is 2. The van der Waals surface area contributed by atoms with Gasteiger partial charge in [0.2, 0.25) is 0 Å². The highest BCUT2D eigenvalue weighted by Gasteiger charge is 2.11. The third kappa shape index (κ3) is 3.22. The summed E-state index contributed by atoms with van der Waals surface area (Å²) in [5.74, 6) is 0.349. The lowest BCUT2D eigenvalue weighted by Crippen LogP contribution is -2.13. The monoisotopic (exact) mass is 337 g/mol. The van der Waals surface area contributed by atoms with Gasteiger partial charge < -0.3 is 5.32 Å². The van der Waals surface area contributed by atoms with Crippen molar-refractivity contribution < 1.29 is 4.39 Å². The van der Waals surface area contributed by atoms with Gasteiger partial charge in [-0.05, 0) is 73.6 Å². The van der Waals surface area contributed by atoms with Gasteiger partial charge in [-0.25, -0.2) is 14.4 Å². The Hall–Kier alpha value is -1.33. The molecule has 1 aromatic carbocycles. The highest BCUT2D eigenvalue weighted by atomic mass is 79.9. The molecule has 5 heteroatoms. The zero-order valence-corrected chi connectivity index (χ0v) is 13.4. The van der Waals surface area contributed by atoms with E-state index >= 15 is 0 Å². The van der Waals surface area contributed by atoms with Crippen molar-refractivity contribution >= 4 is 15.9 Å². The van der Waals surface area contributed by atoms with Crippen molar-refractivity contribution in [2.75, 3.05) is 13.6 Å². The minimum Gasteiger partial charge on any atom is -0.319 e. The highest BCUT2D eigenvalue weighted by molar-refractivity contribution is 9.10. The fourth-order valence-corrected chi connectivity index (χ4v) is 2.49. The molecular formula is C15H17BrFN3. The van der Waals surface area contributed by atoms with Gasteiger partial charge in [-0.15, -0.1) is 0 Å². The lowest BCUT2D eigenvalue weighted by molar-refractivity contribution is 0.621. The first kappa shape index (κ1) is 15.1. The molecule has 0 spiro atoms. The summed E-state index contributed by atoms with van der Waals surface area (Å²) in [7, 11) is 1.93. The summed E-state index contributed by atoms with van der Waals surface area (Å²) in [4.78, 5) is 9.09. The molecule has 2 rings (SSSR count). The van der Waals surface area contributed by atoms with Crippen LogP contribution in [0.3, 0.4) is 0 Å². The van der Waals surface area contributed by atoms with Gasteiger partial charge in [0, 0.05) is 17.0 Å². The molecule has 1 N–H and O–H groups in total. The first-order valence-electron chi connectivity index (χ1n) is 6.47. The Morgan fingerprint density at radius 2 is 1.85 bits per heavy atom. The van der Waals surface area contributed by atoms with Crippen LogP contribution in [0.25, 0.3) is 11.4 Å². The van der Waals surface area contributed by atoms with Gasteiger partial charge in [-0.3, -0.25) is 0 Å². The number of likely N-dealkylation sites (N-methyl/N-ethyl adjacent to an activating group) is 1. The van der Waals surface area contributed by atoms with Crippen LogP contribution >= 0.6 is 15.9 Å². The largest absolute Gasteiger partial charge is 0.319 e. The molecule has 0 aliphatic heterocycles. The predicted octanol–water partition coefficient (Wildman–Crippen LogP) is 3.42. The smallest absolute Gasteiger partial charge is 0.159 e. The molecule has 0 aliphatic rings. The Labute approximate surface area is 126 Å². The molecule has 0 fully saturated rings. The quantitative estimate of drug-likeness (QED) is 0.928. The van der Waals surface area contributed by atoms with E-state index in [1.165, 1.54) is 11.6 Å². The Morgan fingerprint density at radius 3 is 2.40 bits per heavy atom. The van der Waals surface area contributed by atoms with Crippen LogP contribution < -0.4 is 5.32 Å². The number of nitrogens with zero attached hydrogens (tertiary/aromatic N) is 2. The van der Waals surface area contributed by atoms with Crippen LogP contribution in [0.1, 0.15) is 17.0 Å². The summed E-state index contributed by atoms with van der Waals surface area (Å²) in [6, 6.07) is 4.82. The fraction of sp³-hybridized carbons (Fsp3) is 0.333. The van der Waals surface area contributed by atoms with E-state index in [0.717, 1.165) is 29.9 Å². The Balaban J connectivity index is 2.41. The topological polar surface area (TPSA) is 37.8 Å². The Bertz CT molecular complexity index is 606. The maximum atomic E-state index is 13.3. The number of nitrogens with one attached hydrogen (secondary N) is 1.